The molecule has 0 bridgehead atoms. The lowest BCUT2D eigenvalue weighted by atomic mass is 10.1. The van der Waals surface area contributed by atoms with E-state index >= 15 is 0 Å². The van der Waals surface area contributed by atoms with Crippen LogP contribution in [0.5, 0.6) is 5.75 Å². The number of aliphatic hydroxyl groups excluding tert-OH is 1. The number of rotatable bonds is 8. The number of β-amino-alcohol motifs (C(OH)–C–C–N with tert-alkyl or cyclic N) is 1. The molecule has 192 valence electrons. The number of Topliss-reactive ketones (excluding diaryl/α,β-unsaturated/α-hetero) is 1. The number of hydrogen-bond donors (Lipinski definition) is 1. The Morgan fingerprint density at radius 3 is 2.46 bits per heavy atom. The molecule has 0 radical (unpaired) electrons. The quantitative estimate of drug-likeness (QED) is 0.363. The number of anilines is 1. The summed E-state index contributed by atoms with van der Waals surface area (Å²) in [4.78, 5) is 21.5. The molecule has 0 unspecified atom stereocenters. The van der Waals surface area contributed by atoms with E-state index in [-0.39, 0.29) is 12.4 Å². The first kappa shape index (κ1) is 25.0. The monoisotopic (exact) mass is 498 g/mol. The first-order valence-corrected chi connectivity index (χ1v) is 12.8. The molecule has 7 heteroatoms. The van der Waals surface area contributed by atoms with Crippen molar-refractivity contribution in [3.63, 3.8) is 0 Å². The van der Waals surface area contributed by atoms with E-state index in [4.69, 9.17) is 4.74 Å². The molecule has 0 aliphatic carbocycles. The van der Waals surface area contributed by atoms with Gasteiger partial charge in [-0.2, -0.15) is 0 Å². The van der Waals surface area contributed by atoms with E-state index in [1.54, 1.807) is 6.92 Å². The summed E-state index contributed by atoms with van der Waals surface area (Å²) in [6.07, 6.45) is 1.21. The molecule has 1 aliphatic heterocycles. The fraction of sp³-hybridized carbons (Fsp3) is 0.333. The molecule has 5 rings (SSSR count). The number of aliphatic hydroxyl groups is 1. The first-order valence-electron chi connectivity index (χ1n) is 12.8. The Morgan fingerprint density at radius 2 is 1.78 bits per heavy atom. The smallest absolute Gasteiger partial charge is 0.162 e. The van der Waals surface area contributed by atoms with E-state index in [9.17, 15) is 9.90 Å². The molecule has 1 N–H and O–H groups in total. The second kappa shape index (κ2) is 10.7. The van der Waals surface area contributed by atoms with Crippen LogP contribution in [0.1, 0.15) is 28.5 Å². The number of carbonyl (C=O) groups is 1. The maximum absolute atomic E-state index is 12.6. The Labute approximate surface area is 217 Å². The highest BCUT2D eigenvalue weighted by atomic mass is 16.5. The van der Waals surface area contributed by atoms with Gasteiger partial charge in [0.1, 0.15) is 24.3 Å². The van der Waals surface area contributed by atoms with Gasteiger partial charge in [0.2, 0.25) is 0 Å². The second-order valence-corrected chi connectivity index (χ2v) is 9.81. The summed E-state index contributed by atoms with van der Waals surface area (Å²) in [6, 6.07) is 20.1. The normalized spacial score (nSPS) is 15.2. The van der Waals surface area contributed by atoms with Crippen LogP contribution in [0.15, 0.2) is 66.9 Å². The van der Waals surface area contributed by atoms with Gasteiger partial charge in [0.05, 0.1) is 5.52 Å². The van der Waals surface area contributed by atoms with Gasteiger partial charge in [0.15, 0.2) is 5.78 Å². The van der Waals surface area contributed by atoms with Gasteiger partial charge in [-0.25, -0.2) is 4.98 Å². The van der Waals surface area contributed by atoms with Gasteiger partial charge in [0.25, 0.3) is 0 Å². The highest BCUT2D eigenvalue weighted by molar-refractivity contribution is 6.09. The molecule has 1 aliphatic rings. The zero-order chi connectivity index (χ0) is 25.9. The summed E-state index contributed by atoms with van der Waals surface area (Å²) in [6.45, 7) is 9.89. The lowest BCUT2D eigenvalue weighted by Crippen LogP contribution is -2.49. The van der Waals surface area contributed by atoms with E-state index in [0.717, 1.165) is 54.3 Å². The maximum Gasteiger partial charge on any atom is 0.162 e. The third-order valence-corrected chi connectivity index (χ3v) is 7.08. The van der Waals surface area contributed by atoms with Gasteiger partial charge >= 0.3 is 0 Å². The number of pyridine rings is 1. The maximum atomic E-state index is 12.6. The van der Waals surface area contributed by atoms with E-state index in [0.29, 0.717) is 17.9 Å². The highest BCUT2D eigenvalue weighted by Gasteiger charge is 2.21. The Morgan fingerprint density at radius 1 is 1.03 bits per heavy atom. The van der Waals surface area contributed by atoms with Crippen LogP contribution in [0.2, 0.25) is 0 Å². The van der Waals surface area contributed by atoms with Crippen LogP contribution in [-0.2, 0) is 0 Å². The fourth-order valence-corrected chi connectivity index (χ4v) is 5.20. The van der Waals surface area contributed by atoms with E-state index in [1.165, 1.54) is 5.56 Å². The molecule has 2 aromatic heterocycles. The SMILES string of the molecule is CC(=O)c1c(C)n(-c2ccc(C)cc2)c2ccc(OC[C@H](O)CN3CCN(c4ccccn4)CC3)cc12. The van der Waals surface area contributed by atoms with Crippen molar-refractivity contribution in [3.05, 3.63) is 83.7 Å². The summed E-state index contributed by atoms with van der Waals surface area (Å²) in [5.41, 5.74) is 4.78. The lowest BCUT2D eigenvalue weighted by Gasteiger charge is -2.36. The van der Waals surface area contributed by atoms with Crippen molar-refractivity contribution in [1.29, 1.82) is 0 Å². The number of ether oxygens (including phenoxy) is 1. The molecule has 0 saturated carbocycles. The zero-order valence-corrected chi connectivity index (χ0v) is 21.7. The molecule has 2 aromatic carbocycles. The summed E-state index contributed by atoms with van der Waals surface area (Å²) in [5, 5.41) is 11.5. The molecule has 3 heterocycles. The van der Waals surface area contributed by atoms with Crippen molar-refractivity contribution < 1.29 is 14.6 Å². The van der Waals surface area contributed by atoms with E-state index in [2.05, 4.69) is 50.5 Å². The van der Waals surface area contributed by atoms with Crippen molar-refractivity contribution in [2.24, 2.45) is 0 Å². The second-order valence-electron chi connectivity index (χ2n) is 9.81. The van der Waals surface area contributed by atoms with Crippen LogP contribution in [0.25, 0.3) is 16.6 Å². The molecular weight excluding hydrogens is 464 g/mol. The van der Waals surface area contributed by atoms with Gasteiger partial charge in [-0.1, -0.05) is 23.8 Å². The number of ketones is 1. The molecule has 37 heavy (non-hydrogen) atoms. The van der Waals surface area contributed by atoms with Crippen LogP contribution in [0.4, 0.5) is 5.82 Å². The molecular formula is C30H34N4O3. The summed E-state index contributed by atoms with van der Waals surface area (Å²) in [7, 11) is 0. The number of aromatic nitrogens is 2. The van der Waals surface area contributed by atoms with Crippen LogP contribution in [0, 0.1) is 13.8 Å². The largest absolute Gasteiger partial charge is 0.491 e. The van der Waals surface area contributed by atoms with Gasteiger partial charge in [-0.3, -0.25) is 9.69 Å². The zero-order valence-electron chi connectivity index (χ0n) is 21.7. The van der Waals surface area contributed by atoms with Gasteiger partial charge in [-0.15, -0.1) is 0 Å². The van der Waals surface area contributed by atoms with Crippen molar-refractivity contribution in [3.8, 4) is 11.4 Å². The summed E-state index contributed by atoms with van der Waals surface area (Å²) in [5.74, 6) is 1.67. The Kier molecular flexibility index (Phi) is 7.26. The van der Waals surface area contributed by atoms with Crippen LogP contribution < -0.4 is 9.64 Å². The predicted octanol–water partition coefficient (Wildman–Crippen LogP) is 4.41. The minimum absolute atomic E-state index is 0.0235. The first-order chi connectivity index (χ1) is 17.9. The Bertz CT molecular complexity index is 1370. The number of carbonyl (C=O) groups excluding carboxylic acids is 1. The molecule has 1 fully saturated rings. The number of hydrogen-bond acceptors (Lipinski definition) is 6. The average Bonchev–Trinajstić information content (AvgIpc) is 3.20. The summed E-state index contributed by atoms with van der Waals surface area (Å²) >= 11 is 0. The van der Waals surface area contributed by atoms with Crippen LogP contribution >= 0.6 is 0 Å². The van der Waals surface area contributed by atoms with Crippen molar-refractivity contribution >= 4 is 22.5 Å². The van der Waals surface area contributed by atoms with Crippen molar-refractivity contribution in [2.75, 3.05) is 44.2 Å². The molecule has 1 atom stereocenters. The average molecular weight is 499 g/mol. The van der Waals surface area contributed by atoms with Crippen molar-refractivity contribution in [1.82, 2.24) is 14.5 Å². The predicted molar refractivity (Wildman–Crippen MR) is 147 cm³/mol. The Balaban J connectivity index is 1.25. The van der Waals surface area contributed by atoms with Gasteiger partial charge < -0.3 is 19.3 Å². The van der Waals surface area contributed by atoms with Gasteiger partial charge in [-0.05, 0) is 63.2 Å². The minimum Gasteiger partial charge on any atom is -0.491 e. The molecule has 0 spiro atoms. The number of aryl methyl sites for hydroxylation is 1. The summed E-state index contributed by atoms with van der Waals surface area (Å²) < 4.78 is 8.12. The lowest BCUT2D eigenvalue weighted by molar-refractivity contribution is 0.0663. The standard InChI is InChI=1S/C30H34N4O3/c1-21-7-9-24(10-8-21)34-22(2)30(23(3)35)27-18-26(11-12-28(27)34)37-20-25(36)19-32-14-16-33(17-15-32)29-6-4-5-13-31-29/h4-13,18,25,36H,14-17,19-20H2,1-3H3/t25-/m1/s1. The third-order valence-electron chi connectivity index (χ3n) is 7.08. The Hall–Kier alpha value is -3.68. The van der Waals surface area contributed by atoms with Crippen LogP contribution in [0.3, 0.4) is 0 Å². The topological polar surface area (TPSA) is 70.8 Å². The third kappa shape index (κ3) is 5.38. The number of piperazine rings is 1. The molecule has 7 nitrogen and oxygen atoms in total. The molecule has 4 aromatic rings. The number of benzene rings is 2. The van der Waals surface area contributed by atoms with E-state index < -0.39 is 6.10 Å². The van der Waals surface area contributed by atoms with Gasteiger partial charge in [0, 0.05) is 61.3 Å². The minimum atomic E-state index is -0.608. The molecule has 0 amide bonds. The fourth-order valence-electron chi connectivity index (χ4n) is 5.20. The van der Waals surface area contributed by atoms with E-state index in [1.807, 2.05) is 49.5 Å². The van der Waals surface area contributed by atoms with Crippen LogP contribution in [-0.4, -0.2) is 70.8 Å². The highest BCUT2D eigenvalue weighted by Crippen LogP contribution is 2.32. The number of fused-ring (bicyclic) bond motifs is 1. The van der Waals surface area contributed by atoms with Crippen molar-refractivity contribution in [2.45, 2.75) is 26.9 Å². The number of nitrogens with zero attached hydrogens (tertiary/aromatic N) is 4. The molecule has 1 saturated heterocycles.